The molecule has 0 aromatic carbocycles. The van der Waals surface area contributed by atoms with Gasteiger partial charge in [-0.05, 0) is 25.2 Å². The maximum Gasteiger partial charge on any atom is 0.172 e. The van der Waals surface area contributed by atoms with Crippen molar-refractivity contribution in [3.8, 4) is 0 Å². The molecule has 0 aliphatic rings. The maximum absolute atomic E-state index is 6.06. The van der Waals surface area contributed by atoms with Gasteiger partial charge in [0.15, 0.2) is 5.82 Å². The Hall–Kier alpha value is -1.75. The maximum atomic E-state index is 6.06. The highest BCUT2D eigenvalue weighted by Gasteiger charge is 2.08. The zero-order chi connectivity index (χ0) is 13.0. The molecule has 2 aromatic heterocycles. The van der Waals surface area contributed by atoms with Crippen molar-refractivity contribution in [3.05, 3.63) is 24.4 Å². The molecule has 0 bridgehead atoms. The molecule has 0 fully saturated rings. The van der Waals surface area contributed by atoms with E-state index in [1.54, 1.807) is 4.52 Å². The van der Waals surface area contributed by atoms with Gasteiger partial charge in [0.05, 0.1) is 5.52 Å². The number of fused-ring (bicyclic) bond motifs is 1. The average Bonchev–Trinajstić information content (AvgIpc) is 2.72. The molecule has 0 atom stereocenters. The molecule has 2 rings (SSSR count). The van der Waals surface area contributed by atoms with E-state index in [0.717, 1.165) is 43.2 Å². The summed E-state index contributed by atoms with van der Waals surface area (Å²) in [6.07, 6.45) is 1.90. The van der Waals surface area contributed by atoms with Crippen molar-refractivity contribution in [3.63, 3.8) is 0 Å². The number of nitrogens with zero attached hydrogens (tertiary/aromatic N) is 3. The number of nitrogens with one attached hydrogen (secondary N) is 1. The van der Waals surface area contributed by atoms with E-state index in [2.05, 4.69) is 29.2 Å². The second kappa shape index (κ2) is 5.73. The highest BCUT2D eigenvalue weighted by atomic mass is 15.3. The molecule has 0 unspecified atom stereocenters. The van der Waals surface area contributed by atoms with Crippen LogP contribution < -0.4 is 11.1 Å². The number of rotatable bonds is 6. The Morgan fingerprint density at radius 2 is 2.11 bits per heavy atom. The number of nitrogen functional groups attached to an aromatic ring is 1. The molecule has 0 aliphatic heterocycles. The number of likely N-dealkylation sites (N-methyl/N-ethyl adjacent to an activating group) is 1. The quantitative estimate of drug-likeness (QED) is 0.815. The summed E-state index contributed by atoms with van der Waals surface area (Å²) in [5.41, 5.74) is 7.73. The van der Waals surface area contributed by atoms with E-state index in [-0.39, 0.29) is 0 Å². The van der Waals surface area contributed by atoms with Crippen molar-refractivity contribution >= 4 is 17.0 Å². The normalized spacial score (nSPS) is 11.3. The van der Waals surface area contributed by atoms with Crippen LogP contribution in [0.1, 0.15) is 13.8 Å². The first kappa shape index (κ1) is 12.7. The zero-order valence-electron chi connectivity index (χ0n) is 11.1. The molecule has 5 heteroatoms. The van der Waals surface area contributed by atoms with Crippen molar-refractivity contribution in [1.29, 1.82) is 0 Å². The lowest BCUT2D eigenvalue weighted by molar-refractivity contribution is 0.316. The topological polar surface area (TPSA) is 58.6 Å². The van der Waals surface area contributed by atoms with Crippen molar-refractivity contribution < 1.29 is 0 Å². The third kappa shape index (κ3) is 2.56. The van der Waals surface area contributed by atoms with Gasteiger partial charge in [-0.1, -0.05) is 19.9 Å². The van der Waals surface area contributed by atoms with Crippen molar-refractivity contribution in [2.24, 2.45) is 0 Å². The molecular weight excluding hydrogens is 226 g/mol. The first-order chi connectivity index (χ1) is 8.76. The van der Waals surface area contributed by atoms with Gasteiger partial charge in [0, 0.05) is 19.3 Å². The number of aromatic nitrogens is 2. The minimum atomic E-state index is 0.718. The molecular formula is C13H21N5. The first-order valence-corrected chi connectivity index (χ1v) is 6.45. The highest BCUT2D eigenvalue weighted by molar-refractivity contribution is 5.80. The predicted molar refractivity (Wildman–Crippen MR) is 75.9 cm³/mol. The molecule has 18 heavy (non-hydrogen) atoms. The Morgan fingerprint density at radius 1 is 1.33 bits per heavy atom. The fourth-order valence-electron chi connectivity index (χ4n) is 2.02. The van der Waals surface area contributed by atoms with Crippen LogP contribution in [0.3, 0.4) is 0 Å². The lowest BCUT2D eigenvalue weighted by Crippen LogP contribution is -2.28. The van der Waals surface area contributed by atoms with E-state index in [1.165, 1.54) is 0 Å². The molecule has 0 saturated carbocycles. The summed E-state index contributed by atoms with van der Waals surface area (Å²) >= 11 is 0. The summed E-state index contributed by atoms with van der Waals surface area (Å²) in [5.74, 6) is 0.772. The first-order valence-electron chi connectivity index (χ1n) is 6.45. The van der Waals surface area contributed by atoms with E-state index in [9.17, 15) is 0 Å². The van der Waals surface area contributed by atoms with Gasteiger partial charge >= 0.3 is 0 Å². The summed E-state index contributed by atoms with van der Waals surface area (Å²) in [7, 11) is 0. The zero-order valence-corrected chi connectivity index (χ0v) is 11.1. The van der Waals surface area contributed by atoms with E-state index in [0.29, 0.717) is 0 Å². The Bertz CT molecular complexity index is 501. The molecule has 0 spiro atoms. The fraction of sp³-hybridized carbons (Fsp3) is 0.462. The second-order valence-corrected chi connectivity index (χ2v) is 4.25. The summed E-state index contributed by atoms with van der Waals surface area (Å²) in [5, 5.41) is 7.73. The minimum absolute atomic E-state index is 0.718. The van der Waals surface area contributed by atoms with Crippen LogP contribution in [0.15, 0.2) is 24.4 Å². The standard InChI is InChI=1S/C13H21N5/c1-3-17(4-2)10-8-15-13-12(14)11-7-5-6-9-18(11)16-13/h5-7,9H,3-4,8,10,14H2,1-2H3,(H,15,16). The SMILES string of the molecule is CCN(CC)CCNc1nn2ccccc2c1N. The van der Waals surface area contributed by atoms with Gasteiger partial charge in [-0.2, -0.15) is 0 Å². The number of pyridine rings is 1. The Balaban J connectivity index is 2.01. The van der Waals surface area contributed by atoms with Crippen molar-refractivity contribution in [2.45, 2.75) is 13.8 Å². The van der Waals surface area contributed by atoms with Crippen LogP contribution >= 0.6 is 0 Å². The van der Waals surface area contributed by atoms with Gasteiger partial charge < -0.3 is 16.0 Å². The number of hydrogen-bond acceptors (Lipinski definition) is 4. The molecule has 0 radical (unpaired) electrons. The summed E-state index contributed by atoms with van der Waals surface area (Å²) in [6.45, 7) is 8.33. The lowest BCUT2D eigenvalue weighted by atomic mass is 10.3. The Morgan fingerprint density at radius 3 is 2.78 bits per heavy atom. The summed E-state index contributed by atoms with van der Waals surface area (Å²) in [4.78, 5) is 2.36. The molecule has 0 amide bonds. The van der Waals surface area contributed by atoms with E-state index < -0.39 is 0 Å². The van der Waals surface area contributed by atoms with Gasteiger partial charge in [-0.25, -0.2) is 4.52 Å². The van der Waals surface area contributed by atoms with Crippen LogP contribution in [0.5, 0.6) is 0 Å². The van der Waals surface area contributed by atoms with E-state index in [1.807, 2.05) is 24.4 Å². The van der Waals surface area contributed by atoms with Gasteiger partial charge in [-0.15, -0.1) is 5.10 Å². The van der Waals surface area contributed by atoms with E-state index in [4.69, 9.17) is 5.73 Å². The van der Waals surface area contributed by atoms with Gasteiger partial charge in [0.1, 0.15) is 5.69 Å². The molecule has 98 valence electrons. The van der Waals surface area contributed by atoms with Crippen molar-refractivity contribution in [2.75, 3.05) is 37.2 Å². The van der Waals surface area contributed by atoms with Crippen molar-refractivity contribution in [1.82, 2.24) is 14.5 Å². The van der Waals surface area contributed by atoms with Crippen LogP contribution in [0.4, 0.5) is 11.5 Å². The molecule has 3 N–H and O–H groups in total. The van der Waals surface area contributed by atoms with Gasteiger partial charge in [-0.3, -0.25) is 0 Å². The third-order valence-electron chi connectivity index (χ3n) is 3.19. The van der Waals surface area contributed by atoms with Gasteiger partial charge in [0.25, 0.3) is 0 Å². The minimum Gasteiger partial charge on any atom is -0.394 e. The van der Waals surface area contributed by atoms with Gasteiger partial charge in [0.2, 0.25) is 0 Å². The monoisotopic (exact) mass is 247 g/mol. The lowest BCUT2D eigenvalue weighted by Gasteiger charge is -2.17. The summed E-state index contributed by atoms with van der Waals surface area (Å²) in [6, 6.07) is 5.88. The molecule has 2 heterocycles. The highest BCUT2D eigenvalue weighted by Crippen LogP contribution is 2.22. The summed E-state index contributed by atoms with van der Waals surface area (Å²) < 4.78 is 1.80. The third-order valence-corrected chi connectivity index (χ3v) is 3.19. The number of hydrogen-bond donors (Lipinski definition) is 2. The Kier molecular flexibility index (Phi) is 4.04. The average molecular weight is 247 g/mol. The fourth-order valence-corrected chi connectivity index (χ4v) is 2.02. The van der Waals surface area contributed by atoms with Crippen LogP contribution in [0.25, 0.3) is 5.52 Å². The molecule has 5 nitrogen and oxygen atoms in total. The Labute approximate surface area is 108 Å². The smallest absolute Gasteiger partial charge is 0.172 e. The molecule has 2 aromatic rings. The largest absolute Gasteiger partial charge is 0.394 e. The van der Waals surface area contributed by atoms with Crippen LogP contribution in [0.2, 0.25) is 0 Å². The van der Waals surface area contributed by atoms with Crippen LogP contribution in [-0.4, -0.2) is 40.7 Å². The molecule has 0 aliphatic carbocycles. The van der Waals surface area contributed by atoms with Crippen LogP contribution in [0, 0.1) is 0 Å². The second-order valence-electron chi connectivity index (χ2n) is 4.25. The van der Waals surface area contributed by atoms with E-state index >= 15 is 0 Å². The van der Waals surface area contributed by atoms with Crippen LogP contribution in [-0.2, 0) is 0 Å². The molecule has 0 saturated heterocycles. The predicted octanol–water partition coefficient (Wildman–Crippen LogP) is 1.67. The number of anilines is 2. The number of nitrogens with two attached hydrogens (primary N) is 1.